The van der Waals surface area contributed by atoms with Crippen molar-refractivity contribution in [2.45, 2.75) is 19.4 Å². The lowest BCUT2D eigenvalue weighted by Crippen LogP contribution is -2.20. The maximum Gasteiger partial charge on any atom is 0.225 e. The van der Waals surface area contributed by atoms with Crippen LogP contribution in [0.3, 0.4) is 0 Å². The Morgan fingerprint density at radius 1 is 0.920 bits per heavy atom. The highest BCUT2D eigenvalue weighted by molar-refractivity contribution is 5.65. The number of aromatic nitrogens is 3. The van der Waals surface area contributed by atoms with Crippen LogP contribution in [0.25, 0.3) is 11.3 Å². The van der Waals surface area contributed by atoms with Gasteiger partial charge in [-0.15, -0.1) is 0 Å². The van der Waals surface area contributed by atoms with Crippen molar-refractivity contribution in [3.05, 3.63) is 66.5 Å². The lowest BCUT2D eigenvalue weighted by molar-refractivity contribution is 0.920. The van der Waals surface area contributed by atoms with E-state index in [1.54, 1.807) is 6.20 Å². The van der Waals surface area contributed by atoms with E-state index in [9.17, 15) is 0 Å². The fourth-order valence-corrected chi connectivity index (χ4v) is 3.05. The molecule has 1 saturated heterocycles. The summed E-state index contributed by atoms with van der Waals surface area (Å²) in [4.78, 5) is 16.1. The fraction of sp³-hybridized carbons (Fsp3) is 0.250. The molecule has 3 aromatic rings. The van der Waals surface area contributed by atoms with Crippen LogP contribution in [0.15, 0.2) is 60.8 Å². The summed E-state index contributed by atoms with van der Waals surface area (Å²) in [7, 11) is 0. The zero-order valence-corrected chi connectivity index (χ0v) is 14.1. The van der Waals surface area contributed by atoms with Crippen LogP contribution in [0.1, 0.15) is 18.5 Å². The van der Waals surface area contributed by atoms with Crippen molar-refractivity contribution in [3.63, 3.8) is 0 Å². The summed E-state index contributed by atoms with van der Waals surface area (Å²) >= 11 is 0. The number of hydrogen-bond acceptors (Lipinski definition) is 5. The van der Waals surface area contributed by atoms with Crippen molar-refractivity contribution >= 4 is 11.8 Å². The molecule has 5 nitrogen and oxygen atoms in total. The Balaban J connectivity index is 1.63. The molecule has 0 saturated carbocycles. The van der Waals surface area contributed by atoms with Crippen molar-refractivity contribution < 1.29 is 0 Å². The molecule has 0 radical (unpaired) electrons. The monoisotopic (exact) mass is 331 g/mol. The Hall–Kier alpha value is -2.95. The van der Waals surface area contributed by atoms with Crippen LogP contribution in [0.5, 0.6) is 0 Å². The molecular formula is C20H21N5. The lowest BCUT2D eigenvalue weighted by atomic mass is 10.1. The molecule has 0 spiro atoms. The highest BCUT2D eigenvalue weighted by atomic mass is 15.2. The number of benzene rings is 1. The molecule has 1 aliphatic rings. The van der Waals surface area contributed by atoms with E-state index in [-0.39, 0.29) is 0 Å². The third-order valence-electron chi connectivity index (χ3n) is 4.37. The molecule has 25 heavy (non-hydrogen) atoms. The molecule has 1 aliphatic heterocycles. The van der Waals surface area contributed by atoms with Gasteiger partial charge in [-0.3, -0.25) is 4.98 Å². The standard InChI is InChI=1S/C20H21N5/c1-2-8-16(9-3-1)18-14-19(25-12-6-7-13-25)24-20(23-18)22-15-17-10-4-5-11-21-17/h1-5,8-11,14H,6-7,12-13,15H2,(H,22,23,24). The Morgan fingerprint density at radius 2 is 1.72 bits per heavy atom. The summed E-state index contributed by atoms with van der Waals surface area (Å²) in [6.45, 7) is 2.73. The first-order chi connectivity index (χ1) is 12.4. The van der Waals surface area contributed by atoms with E-state index >= 15 is 0 Å². The van der Waals surface area contributed by atoms with Gasteiger partial charge in [0, 0.05) is 30.9 Å². The lowest BCUT2D eigenvalue weighted by Gasteiger charge is -2.18. The normalized spacial score (nSPS) is 13.8. The van der Waals surface area contributed by atoms with E-state index in [0.717, 1.165) is 35.9 Å². The third-order valence-corrected chi connectivity index (χ3v) is 4.37. The van der Waals surface area contributed by atoms with Crippen LogP contribution in [-0.2, 0) is 6.54 Å². The summed E-state index contributed by atoms with van der Waals surface area (Å²) < 4.78 is 0. The van der Waals surface area contributed by atoms with Gasteiger partial charge in [0.25, 0.3) is 0 Å². The summed E-state index contributed by atoms with van der Waals surface area (Å²) in [6, 6.07) is 18.2. The highest BCUT2D eigenvalue weighted by Gasteiger charge is 2.16. The van der Waals surface area contributed by atoms with Crippen molar-refractivity contribution in [2.24, 2.45) is 0 Å². The van der Waals surface area contributed by atoms with Crippen LogP contribution in [0.4, 0.5) is 11.8 Å². The molecule has 0 amide bonds. The first-order valence-electron chi connectivity index (χ1n) is 8.72. The van der Waals surface area contributed by atoms with Gasteiger partial charge in [0.05, 0.1) is 17.9 Å². The molecular weight excluding hydrogens is 310 g/mol. The second-order valence-electron chi connectivity index (χ2n) is 6.17. The van der Waals surface area contributed by atoms with Crippen molar-refractivity contribution in [1.29, 1.82) is 0 Å². The van der Waals surface area contributed by atoms with Gasteiger partial charge in [-0.1, -0.05) is 36.4 Å². The quantitative estimate of drug-likeness (QED) is 0.771. The first kappa shape index (κ1) is 15.6. The molecule has 0 unspecified atom stereocenters. The minimum Gasteiger partial charge on any atom is -0.356 e. The fourth-order valence-electron chi connectivity index (χ4n) is 3.05. The topological polar surface area (TPSA) is 53.9 Å². The maximum absolute atomic E-state index is 4.73. The maximum atomic E-state index is 4.73. The largest absolute Gasteiger partial charge is 0.356 e. The summed E-state index contributed by atoms with van der Waals surface area (Å²) in [5.41, 5.74) is 3.02. The second kappa shape index (κ2) is 7.30. The SMILES string of the molecule is c1ccc(-c2cc(N3CCCC3)nc(NCc3ccccn3)n2)cc1. The van der Waals surface area contributed by atoms with Crippen LogP contribution < -0.4 is 10.2 Å². The van der Waals surface area contributed by atoms with E-state index in [4.69, 9.17) is 9.97 Å². The zero-order valence-electron chi connectivity index (χ0n) is 14.1. The van der Waals surface area contributed by atoms with Crippen LogP contribution in [0, 0.1) is 0 Å². The van der Waals surface area contributed by atoms with Crippen molar-refractivity contribution in [3.8, 4) is 11.3 Å². The summed E-state index contributed by atoms with van der Waals surface area (Å²) in [5.74, 6) is 1.64. The molecule has 3 heterocycles. The molecule has 1 N–H and O–H groups in total. The Labute approximate surface area is 147 Å². The van der Waals surface area contributed by atoms with Gasteiger partial charge in [-0.25, -0.2) is 4.98 Å². The van der Waals surface area contributed by atoms with Crippen LogP contribution in [-0.4, -0.2) is 28.0 Å². The number of anilines is 2. The molecule has 0 bridgehead atoms. The molecule has 5 heteroatoms. The average molecular weight is 331 g/mol. The molecule has 1 aromatic carbocycles. The Kier molecular flexibility index (Phi) is 4.55. The van der Waals surface area contributed by atoms with Gasteiger partial charge in [-0.05, 0) is 25.0 Å². The second-order valence-corrected chi connectivity index (χ2v) is 6.17. The van der Waals surface area contributed by atoms with Gasteiger partial charge >= 0.3 is 0 Å². The zero-order chi connectivity index (χ0) is 16.9. The smallest absolute Gasteiger partial charge is 0.225 e. The minimum atomic E-state index is 0.610. The Bertz CT molecular complexity index is 814. The summed E-state index contributed by atoms with van der Waals surface area (Å²) in [6.07, 6.45) is 4.25. The van der Waals surface area contributed by atoms with Crippen molar-refractivity contribution in [2.75, 3.05) is 23.3 Å². The first-order valence-corrected chi connectivity index (χ1v) is 8.72. The molecule has 0 atom stereocenters. The number of pyridine rings is 1. The molecule has 2 aromatic heterocycles. The predicted molar refractivity (Wildman–Crippen MR) is 100 cm³/mol. The van der Waals surface area contributed by atoms with Gasteiger partial charge < -0.3 is 10.2 Å². The van der Waals surface area contributed by atoms with E-state index in [2.05, 4.69) is 33.4 Å². The minimum absolute atomic E-state index is 0.610. The highest BCUT2D eigenvalue weighted by Crippen LogP contribution is 2.25. The average Bonchev–Trinajstić information content (AvgIpc) is 3.23. The number of hydrogen-bond donors (Lipinski definition) is 1. The van der Waals surface area contributed by atoms with E-state index in [0.29, 0.717) is 12.5 Å². The van der Waals surface area contributed by atoms with Gasteiger partial charge in [-0.2, -0.15) is 4.98 Å². The van der Waals surface area contributed by atoms with E-state index in [1.165, 1.54) is 12.8 Å². The van der Waals surface area contributed by atoms with Gasteiger partial charge in [0.2, 0.25) is 5.95 Å². The predicted octanol–water partition coefficient (Wildman–Crippen LogP) is 3.75. The van der Waals surface area contributed by atoms with Crippen LogP contribution in [0.2, 0.25) is 0 Å². The molecule has 1 fully saturated rings. The molecule has 126 valence electrons. The van der Waals surface area contributed by atoms with Crippen LogP contribution >= 0.6 is 0 Å². The summed E-state index contributed by atoms with van der Waals surface area (Å²) in [5, 5.41) is 3.32. The molecule has 0 aliphatic carbocycles. The Morgan fingerprint density at radius 3 is 2.48 bits per heavy atom. The van der Waals surface area contributed by atoms with E-state index in [1.807, 2.05) is 36.4 Å². The van der Waals surface area contributed by atoms with Crippen molar-refractivity contribution in [1.82, 2.24) is 15.0 Å². The molecule has 4 rings (SSSR count). The third kappa shape index (κ3) is 3.76. The number of nitrogens with one attached hydrogen (secondary N) is 1. The van der Waals surface area contributed by atoms with Gasteiger partial charge in [0.1, 0.15) is 5.82 Å². The van der Waals surface area contributed by atoms with E-state index < -0.39 is 0 Å². The number of nitrogens with zero attached hydrogens (tertiary/aromatic N) is 4. The number of rotatable bonds is 5. The van der Waals surface area contributed by atoms with Gasteiger partial charge in [0.15, 0.2) is 0 Å².